The number of ether oxygens (including phenoxy) is 1. The molecule has 1 N–H and O–H groups in total. The van der Waals surface area contributed by atoms with Crippen LogP contribution in [0.25, 0.3) is 0 Å². The molecule has 1 heterocycles. The fourth-order valence-corrected chi connectivity index (χ4v) is 1.26. The normalized spacial score (nSPS) is 13.3. The Balaban J connectivity index is 3.05. The second kappa shape index (κ2) is 4.61. The molecule has 0 aliphatic rings. The molecule has 0 spiro atoms. The molecule has 0 radical (unpaired) electrons. The summed E-state index contributed by atoms with van der Waals surface area (Å²) < 4.78 is 5.03. The lowest BCUT2D eigenvalue weighted by atomic mass is 9.85. The molecule has 1 rings (SSSR count). The average molecular weight is 223 g/mol. The summed E-state index contributed by atoms with van der Waals surface area (Å²) in [4.78, 5) is 15.9. The zero-order valence-corrected chi connectivity index (χ0v) is 10.0. The van der Waals surface area contributed by atoms with E-state index >= 15 is 0 Å². The van der Waals surface area contributed by atoms with Crippen LogP contribution in [-0.4, -0.2) is 29.1 Å². The smallest absolute Gasteiger partial charge is 0.213 e. The summed E-state index contributed by atoms with van der Waals surface area (Å²) in [6.07, 6.45) is 0.418. The lowest BCUT2D eigenvalue weighted by molar-refractivity contribution is 0.0434. The fraction of sp³-hybridized carbons (Fsp3) is 0.500. The summed E-state index contributed by atoms with van der Waals surface area (Å²) in [7, 11) is 1.47. The van der Waals surface area contributed by atoms with Gasteiger partial charge in [0, 0.05) is 6.20 Å². The monoisotopic (exact) mass is 223 g/mol. The maximum atomic E-state index is 12.0. The SMILES string of the molecule is COc1cccnc1C(=O)C(O)C(C)(C)C. The summed E-state index contributed by atoms with van der Waals surface area (Å²) in [5, 5.41) is 9.88. The number of methoxy groups -OCH3 is 1. The summed E-state index contributed by atoms with van der Waals surface area (Å²) >= 11 is 0. The third kappa shape index (κ3) is 2.58. The van der Waals surface area contributed by atoms with Crippen LogP contribution in [0.3, 0.4) is 0 Å². The Hall–Kier alpha value is -1.42. The predicted octanol–water partition coefficient (Wildman–Crippen LogP) is 1.68. The zero-order valence-electron chi connectivity index (χ0n) is 10.0. The highest BCUT2D eigenvalue weighted by molar-refractivity contribution is 6.00. The summed E-state index contributed by atoms with van der Waals surface area (Å²) in [6, 6.07) is 3.33. The minimum atomic E-state index is -1.09. The molecule has 0 amide bonds. The van der Waals surface area contributed by atoms with Crippen molar-refractivity contribution in [2.24, 2.45) is 5.41 Å². The van der Waals surface area contributed by atoms with E-state index in [0.717, 1.165) is 0 Å². The summed E-state index contributed by atoms with van der Waals surface area (Å²) in [5.74, 6) is -0.0271. The first-order chi connectivity index (χ1) is 7.38. The standard InChI is InChI=1S/C12H17NO3/c1-12(2,3)11(15)10(14)9-8(16-4)6-5-7-13-9/h5-7,11,15H,1-4H3. The molecule has 1 atom stereocenters. The molecule has 4 heteroatoms. The van der Waals surface area contributed by atoms with Crippen molar-refractivity contribution in [1.29, 1.82) is 0 Å². The van der Waals surface area contributed by atoms with Crippen molar-refractivity contribution in [3.63, 3.8) is 0 Å². The van der Waals surface area contributed by atoms with Crippen molar-refractivity contribution in [3.05, 3.63) is 24.0 Å². The molecule has 1 aromatic rings. The van der Waals surface area contributed by atoms with Crippen molar-refractivity contribution in [2.45, 2.75) is 26.9 Å². The van der Waals surface area contributed by atoms with Gasteiger partial charge >= 0.3 is 0 Å². The number of hydrogen-bond donors (Lipinski definition) is 1. The van der Waals surface area contributed by atoms with Gasteiger partial charge in [-0.05, 0) is 17.5 Å². The number of hydrogen-bond acceptors (Lipinski definition) is 4. The maximum Gasteiger partial charge on any atom is 0.213 e. The van der Waals surface area contributed by atoms with Gasteiger partial charge in [0.1, 0.15) is 11.9 Å². The lowest BCUT2D eigenvalue weighted by Crippen LogP contribution is -2.34. The number of aromatic nitrogens is 1. The van der Waals surface area contributed by atoms with Crippen molar-refractivity contribution < 1.29 is 14.6 Å². The predicted molar refractivity (Wildman–Crippen MR) is 60.6 cm³/mol. The van der Waals surface area contributed by atoms with E-state index < -0.39 is 17.3 Å². The van der Waals surface area contributed by atoms with Gasteiger partial charge in [-0.3, -0.25) is 4.79 Å². The maximum absolute atomic E-state index is 12.0. The molecular formula is C12H17NO3. The van der Waals surface area contributed by atoms with Crippen LogP contribution >= 0.6 is 0 Å². The van der Waals surface area contributed by atoms with Gasteiger partial charge < -0.3 is 9.84 Å². The highest BCUT2D eigenvalue weighted by Gasteiger charge is 2.32. The molecule has 88 valence electrons. The van der Waals surface area contributed by atoms with Crippen LogP contribution in [0.1, 0.15) is 31.3 Å². The van der Waals surface area contributed by atoms with Crippen LogP contribution in [-0.2, 0) is 0 Å². The second-order valence-electron chi connectivity index (χ2n) is 4.69. The first-order valence-electron chi connectivity index (χ1n) is 5.09. The Morgan fingerprint density at radius 2 is 2.12 bits per heavy atom. The van der Waals surface area contributed by atoms with Crippen LogP contribution in [0.15, 0.2) is 18.3 Å². The number of aliphatic hydroxyl groups is 1. The first kappa shape index (κ1) is 12.6. The van der Waals surface area contributed by atoms with E-state index in [9.17, 15) is 9.90 Å². The van der Waals surface area contributed by atoms with E-state index in [1.54, 1.807) is 32.9 Å². The van der Waals surface area contributed by atoms with E-state index in [0.29, 0.717) is 5.75 Å². The minimum Gasteiger partial charge on any atom is -0.494 e. The van der Waals surface area contributed by atoms with Gasteiger partial charge in [0.25, 0.3) is 0 Å². The largest absolute Gasteiger partial charge is 0.494 e. The molecule has 1 aromatic heterocycles. The Kier molecular flexibility index (Phi) is 3.65. The van der Waals surface area contributed by atoms with Crippen molar-refractivity contribution in [2.75, 3.05) is 7.11 Å². The number of nitrogens with zero attached hydrogens (tertiary/aromatic N) is 1. The van der Waals surface area contributed by atoms with Crippen LogP contribution < -0.4 is 4.74 Å². The van der Waals surface area contributed by atoms with Gasteiger partial charge in [0.05, 0.1) is 7.11 Å². The van der Waals surface area contributed by atoms with Gasteiger partial charge in [0.2, 0.25) is 5.78 Å². The molecule has 0 saturated heterocycles. The molecule has 0 aliphatic carbocycles. The van der Waals surface area contributed by atoms with Gasteiger partial charge in [0.15, 0.2) is 5.69 Å². The summed E-state index contributed by atoms with van der Waals surface area (Å²) in [5.41, 5.74) is -0.341. The number of Topliss-reactive ketones (excluding diaryl/α,β-unsaturated/α-hetero) is 1. The van der Waals surface area contributed by atoms with Gasteiger partial charge in [-0.1, -0.05) is 20.8 Å². The molecule has 0 aliphatic heterocycles. The second-order valence-corrected chi connectivity index (χ2v) is 4.69. The Morgan fingerprint density at radius 3 is 2.62 bits per heavy atom. The number of pyridine rings is 1. The van der Waals surface area contributed by atoms with E-state index in [1.807, 2.05) is 0 Å². The molecule has 0 bridgehead atoms. The van der Waals surface area contributed by atoms with Gasteiger partial charge in [-0.2, -0.15) is 0 Å². The third-order valence-corrected chi connectivity index (χ3v) is 2.29. The molecule has 1 unspecified atom stereocenters. The average Bonchev–Trinajstić information content (AvgIpc) is 2.25. The number of carbonyl (C=O) groups excluding carboxylic acids is 1. The fourth-order valence-electron chi connectivity index (χ4n) is 1.26. The molecule has 0 fully saturated rings. The van der Waals surface area contributed by atoms with Crippen LogP contribution in [0.5, 0.6) is 5.75 Å². The van der Waals surface area contributed by atoms with Crippen molar-refractivity contribution >= 4 is 5.78 Å². The van der Waals surface area contributed by atoms with Gasteiger partial charge in [-0.15, -0.1) is 0 Å². The molecular weight excluding hydrogens is 206 g/mol. The third-order valence-electron chi connectivity index (χ3n) is 2.29. The van der Waals surface area contributed by atoms with Crippen molar-refractivity contribution in [1.82, 2.24) is 4.98 Å². The van der Waals surface area contributed by atoms with E-state index in [2.05, 4.69) is 4.98 Å². The molecule has 16 heavy (non-hydrogen) atoms. The quantitative estimate of drug-likeness (QED) is 0.792. The van der Waals surface area contributed by atoms with E-state index in [4.69, 9.17) is 4.74 Å². The zero-order chi connectivity index (χ0) is 12.3. The number of carbonyl (C=O) groups is 1. The first-order valence-corrected chi connectivity index (χ1v) is 5.09. The topological polar surface area (TPSA) is 59.4 Å². The van der Waals surface area contributed by atoms with E-state index in [1.165, 1.54) is 13.3 Å². The Morgan fingerprint density at radius 1 is 1.50 bits per heavy atom. The Labute approximate surface area is 95.3 Å². The number of ketones is 1. The van der Waals surface area contributed by atoms with Crippen molar-refractivity contribution in [3.8, 4) is 5.75 Å². The van der Waals surface area contributed by atoms with Crippen LogP contribution in [0.2, 0.25) is 0 Å². The number of aliphatic hydroxyl groups excluding tert-OH is 1. The lowest BCUT2D eigenvalue weighted by Gasteiger charge is -2.24. The summed E-state index contributed by atoms with van der Waals surface area (Å²) in [6.45, 7) is 5.39. The number of rotatable bonds is 3. The van der Waals surface area contributed by atoms with Crippen LogP contribution in [0, 0.1) is 5.41 Å². The Bertz CT molecular complexity index is 382. The highest BCUT2D eigenvalue weighted by Crippen LogP contribution is 2.25. The molecule has 0 aromatic carbocycles. The highest BCUT2D eigenvalue weighted by atomic mass is 16.5. The van der Waals surface area contributed by atoms with E-state index in [-0.39, 0.29) is 5.69 Å². The van der Waals surface area contributed by atoms with Crippen LogP contribution in [0.4, 0.5) is 0 Å². The van der Waals surface area contributed by atoms with Gasteiger partial charge in [-0.25, -0.2) is 4.98 Å². The molecule has 4 nitrogen and oxygen atoms in total. The molecule has 0 saturated carbocycles. The minimum absolute atomic E-state index is 0.174.